The minimum absolute atomic E-state index is 0.0108. The molecule has 1 aromatic carbocycles. The summed E-state index contributed by atoms with van der Waals surface area (Å²) in [4.78, 5) is 43.4. The summed E-state index contributed by atoms with van der Waals surface area (Å²) in [6.45, 7) is 3.03. The molecule has 1 aliphatic heterocycles. The largest absolute Gasteiger partial charge is 0.416 e. The minimum Gasteiger partial charge on any atom is -0.370 e. The second-order valence-corrected chi connectivity index (χ2v) is 8.06. The number of carbonyl (C=O) groups is 3. The summed E-state index contributed by atoms with van der Waals surface area (Å²) in [6.07, 6.45) is -3.61. The van der Waals surface area contributed by atoms with Gasteiger partial charge in [0.15, 0.2) is 11.6 Å². The number of piperazine rings is 1. The van der Waals surface area contributed by atoms with Crippen LogP contribution in [0.3, 0.4) is 0 Å². The quantitative estimate of drug-likeness (QED) is 0.467. The Bertz CT molecular complexity index is 1140. The van der Waals surface area contributed by atoms with Gasteiger partial charge in [-0.3, -0.25) is 19.3 Å². The normalized spacial score (nSPS) is 16.7. The van der Waals surface area contributed by atoms with Crippen molar-refractivity contribution in [3.05, 3.63) is 70.6 Å². The average molecular weight is 499 g/mol. The van der Waals surface area contributed by atoms with E-state index in [1.54, 1.807) is 0 Å². The molecule has 0 spiro atoms. The smallest absolute Gasteiger partial charge is 0.370 e. The molecule has 1 saturated heterocycles. The van der Waals surface area contributed by atoms with E-state index in [4.69, 9.17) is 17.3 Å². The van der Waals surface area contributed by atoms with E-state index < -0.39 is 53.7 Å². The highest BCUT2D eigenvalue weighted by Gasteiger charge is 2.42. The predicted octanol–water partition coefficient (Wildman–Crippen LogP) is 3.46. The van der Waals surface area contributed by atoms with Crippen molar-refractivity contribution in [2.45, 2.75) is 31.6 Å². The summed E-state index contributed by atoms with van der Waals surface area (Å²) in [5, 5.41) is -0.0108. The summed E-state index contributed by atoms with van der Waals surface area (Å²) >= 11 is 5.71. The molecule has 1 aromatic heterocycles. The van der Waals surface area contributed by atoms with Crippen LogP contribution in [-0.2, 0) is 27.1 Å². The van der Waals surface area contributed by atoms with Crippen LogP contribution < -0.4 is 10.6 Å². The minimum atomic E-state index is -4.53. The predicted molar refractivity (Wildman–Crippen MR) is 115 cm³/mol. The molecule has 12 heteroatoms. The number of hydrogen-bond donors (Lipinski definition) is 1. The fraction of sp³-hybridized carbons (Fsp3) is 0.273. The van der Waals surface area contributed by atoms with Gasteiger partial charge in [-0.25, -0.2) is 9.37 Å². The number of rotatable bonds is 7. The first-order valence-electron chi connectivity index (χ1n) is 9.92. The van der Waals surface area contributed by atoms with Gasteiger partial charge in [0.1, 0.15) is 12.6 Å². The molecular formula is C22H19ClF4N4O3. The molecule has 1 fully saturated rings. The molecule has 3 rings (SSSR count). The van der Waals surface area contributed by atoms with Crippen LogP contribution in [0, 0.1) is 5.82 Å². The Balaban J connectivity index is 1.94. The highest BCUT2D eigenvalue weighted by Crippen LogP contribution is 2.31. The molecule has 2 N–H and O–H groups in total. The van der Waals surface area contributed by atoms with E-state index in [2.05, 4.69) is 11.6 Å². The van der Waals surface area contributed by atoms with Crippen molar-refractivity contribution >= 4 is 35.1 Å². The highest BCUT2D eigenvalue weighted by atomic mass is 35.5. The van der Waals surface area contributed by atoms with Gasteiger partial charge in [-0.05, 0) is 35.8 Å². The van der Waals surface area contributed by atoms with Gasteiger partial charge in [0.25, 0.3) is 5.91 Å². The molecule has 0 radical (unpaired) electrons. The number of carbonyl (C=O) groups excluding carboxylic acids is 3. The number of benzene rings is 1. The number of halogens is 5. The van der Waals surface area contributed by atoms with Crippen molar-refractivity contribution in [3.8, 4) is 0 Å². The van der Waals surface area contributed by atoms with Gasteiger partial charge in [-0.2, -0.15) is 13.2 Å². The molecule has 180 valence electrons. The standard InChI is InChI=1S/C22H19ClF4N4O3/c1-12(2-7-17(28)32)19-21(34)31(20-16(24)8-15(23)9-29-20)11-18(33)30(19)10-13-3-5-14(6-4-13)22(25,26)27/h3-6,8-9,19H,1-2,7,10-11H2,(H2,28,32)/t19-/m0/s1. The van der Waals surface area contributed by atoms with Crippen molar-refractivity contribution in [3.63, 3.8) is 0 Å². The average Bonchev–Trinajstić information content (AvgIpc) is 2.74. The lowest BCUT2D eigenvalue weighted by atomic mass is 9.97. The fourth-order valence-corrected chi connectivity index (χ4v) is 3.65. The van der Waals surface area contributed by atoms with E-state index >= 15 is 0 Å². The first-order valence-corrected chi connectivity index (χ1v) is 10.3. The molecule has 0 saturated carbocycles. The number of aromatic nitrogens is 1. The van der Waals surface area contributed by atoms with Crippen LogP contribution in [0.2, 0.25) is 5.02 Å². The van der Waals surface area contributed by atoms with Gasteiger partial charge < -0.3 is 10.6 Å². The molecule has 3 amide bonds. The molecule has 1 atom stereocenters. The molecule has 0 bridgehead atoms. The summed E-state index contributed by atoms with van der Waals surface area (Å²) < 4.78 is 53.0. The number of pyridine rings is 1. The van der Waals surface area contributed by atoms with Gasteiger partial charge in [0.05, 0.1) is 10.6 Å². The summed E-state index contributed by atoms with van der Waals surface area (Å²) in [5.74, 6) is -3.36. The lowest BCUT2D eigenvalue weighted by molar-refractivity contribution is -0.142. The first kappa shape index (κ1) is 25.2. The molecule has 0 unspecified atom stereocenters. The van der Waals surface area contributed by atoms with Crippen LogP contribution in [0.15, 0.2) is 48.7 Å². The van der Waals surface area contributed by atoms with Crippen LogP contribution >= 0.6 is 11.6 Å². The Hall–Kier alpha value is -3.47. The van der Waals surface area contributed by atoms with E-state index in [-0.39, 0.29) is 30.0 Å². The van der Waals surface area contributed by atoms with Gasteiger partial charge in [-0.15, -0.1) is 0 Å². The van der Waals surface area contributed by atoms with Crippen LogP contribution in [0.5, 0.6) is 0 Å². The lowest BCUT2D eigenvalue weighted by Gasteiger charge is -2.40. The second kappa shape index (κ2) is 9.80. The molecular weight excluding hydrogens is 480 g/mol. The third kappa shape index (κ3) is 5.53. The number of anilines is 1. The van der Waals surface area contributed by atoms with Crippen molar-refractivity contribution in [2.75, 3.05) is 11.4 Å². The Morgan fingerprint density at radius 1 is 1.21 bits per heavy atom. The highest BCUT2D eigenvalue weighted by molar-refractivity contribution is 6.30. The summed E-state index contributed by atoms with van der Waals surface area (Å²) in [7, 11) is 0. The third-order valence-electron chi connectivity index (χ3n) is 5.18. The Morgan fingerprint density at radius 3 is 2.41 bits per heavy atom. The van der Waals surface area contributed by atoms with Gasteiger partial charge >= 0.3 is 6.18 Å². The maximum atomic E-state index is 14.5. The number of nitrogens with two attached hydrogens (primary N) is 1. The van der Waals surface area contributed by atoms with Gasteiger partial charge in [-0.1, -0.05) is 30.3 Å². The van der Waals surface area contributed by atoms with Gasteiger partial charge in [0.2, 0.25) is 11.8 Å². The molecule has 0 aliphatic carbocycles. The zero-order valence-corrected chi connectivity index (χ0v) is 18.4. The third-order valence-corrected chi connectivity index (χ3v) is 5.39. The lowest BCUT2D eigenvalue weighted by Crippen LogP contribution is -2.60. The molecule has 2 aromatic rings. The van der Waals surface area contributed by atoms with Crippen molar-refractivity contribution in [1.82, 2.24) is 9.88 Å². The number of alkyl halides is 3. The zero-order valence-electron chi connectivity index (χ0n) is 17.6. The Kier molecular flexibility index (Phi) is 7.25. The number of hydrogen-bond acceptors (Lipinski definition) is 4. The zero-order chi connectivity index (χ0) is 25.2. The van der Waals surface area contributed by atoms with Gasteiger partial charge in [0, 0.05) is 19.2 Å². The monoisotopic (exact) mass is 498 g/mol. The Labute approximate surface area is 196 Å². The van der Waals surface area contributed by atoms with Crippen LogP contribution in [0.25, 0.3) is 0 Å². The molecule has 1 aliphatic rings. The number of amides is 3. The molecule has 2 heterocycles. The molecule has 34 heavy (non-hydrogen) atoms. The van der Waals surface area contributed by atoms with Crippen LogP contribution in [0.4, 0.5) is 23.4 Å². The molecule has 7 nitrogen and oxygen atoms in total. The van der Waals surface area contributed by atoms with Crippen molar-refractivity contribution < 1.29 is 31.9 Å². The summed E-state index contributed by atoms with van der Waals surface area (Å²) in [5.41, 5.74) is 4.79. The number of primary amides is 1. The summed E-state index contributed by atoms with van der Waals surface area (Å²) in [6, 6.07) is 3.73. The van der Waals surface area contributed by atoms with E-state index in [0.717, 1.165) is 34.2 Å². The maximum absolute atomic E-state index is 14.5. The van der Waals surface area contributed by atoms with Crippen molar-refractivity contribution in [1.29, 1.82) is 0 Å². The first-order chi connectivity index (χ1) is 15.9. The van der Waals surface area contributed by atoms with Crippen LogP contribution in [0.1, 0.15) is 24.0 Å². The van der Waals surface area contributed by atoms with E-state index in [0.29, 0.717) is 5.56 Å². The van der Waals surface area contributed by atoms with Crippen molar-refractivity contribution in [2.24, 2.45) is 5.73 Å². The topological polar surface area (TPSA) is 96.6 Å². The second-order valence-electron chi connectivity index (χ2n) is 7.63. The maximum Gasteiger partial charge on any atom is 0.416 e. The van der Waals surface area contributed by atoms with E-state index in [1.807, 2.05) is 0 Å². The van der Waals surface area contributed by atoms with Crippen LogP contribution in [-0.4, -0.2) is 40.2 Å². The van der Waals surface area contributed by atoms with E-state index in [1.165, 1.54) is 12.1 Å². The fourth-order valence-electron chi connectivity index (χ4n) is 3.50. The SMILES string of the molecule is C=C(CCC(N)=O)[C@H]1C(=O)N(c2ncc(Cl)cc2F)CC(=O)N1Cc1ccc(C(F)(F)F)cc1. The van der Waals surface area contributed by atoms with E-state index in [9.17, 15) is 31.9 Å². The number of nitrogens with zero attached hydrogens (tertiary/aromatic N) is 3. The Morgan fingerprint density at radius 2 is 1.85 bits per heavy atom.